The van der Waals surface area contributed by atoms with E-state index in [4.69, 9.17) is 4.74 Å². The summed E-state index contributed by atoms with van der Waals surface area (Å²) in [6.07, 6.45) is 3.19. The fourth-order valence-corrected chi connectivity index (χ4v) is 3.01. The summed E-state index contributed by atoms with van der Waals surface area (Å²) in [6, 6.07) is 6.55. The Labute approximate surface area is 166 Å². The van der Waals surface area contributed by atoms with Gasteiger partial charge in [0.15, 0.2) is 17.1 Å². The maximum Gasteiger partial charge on any atom is 0.387 e. The quantitative estimate of drug-likeness (QED) is 0.598. The number of amides is 1. The Morgan fingerprint density at radius 2 is 1.97 bits per heavy atom. The van der Waals surface area contributed by atoms with Crippen molar-refractivity contribution < 1.29 is 23.0 Å². The van der Waals surface area contributed by atoms with E-state index in [0.717, 1.165) is 5.39 Å². The zero-order valence-electron chi connectivity index (χ0n) is 16.6. The fraction of sp³-hybridized carbons (Fsp3) is 0.350. The molecule has 2 aromatic heterocycles. The molecule has 0 saturated carbocycles. The highest BCUT2D eigenvalue weighted by molar-refractivity contribution is 5.96. The van der Waals surface area contributed by atoms with E-state index < -0.39 is 6.61 Å². The minimum Gasteiger partial charge on any atom is -0.493 e. The Morgan fingerprint density at radius 1 is 1.21 bits per heavy atom. The summed E-state index contributed by atoms with van der Waals surface area (Å²) < 4.78 is 36.5. The average molecular weight is 404 g/mol. The van der Waals surface area contributed by atoms with Crippen molar-refractivity contribution in [1.82, 2.24) is 19.7 Å². The molecular formula is C20H22F2N4O3. The lowest BCUT2D eigenvalue weighted by Gasteiger charge is -2.18. The minimum absolute atomic E-state index is 0.0787. The SMILES string of the molecule is COc1ccc(CN(C)C(=O)c2cnc3c(cnn3C(C)C)c2)cc1OC(F)F. The number of hydrogen-bond acceptors (Lipinski definition) is 5. The monoisotopic (exact) mass is 404 g/mol. The normalized spacial score (nSPS) is 11.3. The highest BCUT2D eigenvalue weighted by Gasteiger charge is 2.17. The Kier molecular flexibility index (Phi) is 5.95. The van der Waals surface area contributed by atoms with Crippen LogP contribution in [0, 0.1) is 0 Å². The first-order valence-corrected chi connectivity index (χ1v) is 9.00. The number of alkyl halides is 2. The topological polar surface area (TPSA) is 69.5 Å². The number of aromatic nitrogens is 3. The predicted octanol–water partition coefficient (Wildman–Crippen LogP) is 3.89. The van der Waals surface area contributed by atoms with Crippen molar-refractivity contribution in [2.45, 2.75) is 33.0 Å². The van der Waals surface area contributed by atoms with Crippen LogP contribution in [0.5, 0.6) is 11.5 Å². The van der Waals surface area contributed by atoms with Gasteiger partial charge in [0.1, 0.15) is 0 Å². The molecular weight excluding hydrogens is 382 g/mol. The van der Waals surface area contributed by atoms with Gasteiger partial charge in [-0.1, -0.05) is 6.07 Å². The molecule has 0 bridgehead atoms. The van der Waals surface area contributed by atoms with Gasteiger partial charge in [-0.15, -0.1) is 0 Å². The van der Waals surface area contributed by atoms with Gasteiger partial charge in [-0.3, -0.25) is 4.79 Å². The summed E-state index contributed by atoms with van der Waals surface area (Å²) in [5.41, 5.74) is 1.75. The van der Waals surface area contributed by atoms with Crippen LogP contribution in [0.3, 0.4) is 0 Å². The molecule has 1 aromatic carbocycles. The van der Waals surface area contributed by atoms with Crippen molar-refractivity contribution in [1.29, 1.82) is 0 Å². The van der Waals surface area contributed by atoms with Crippen LogP contribution in [-0.2, 0) is 6.54 Å². The smallest absolute Gasteiger partial charge is 0.387 e. The van der Waals surface area contributed by atoms with E-state index >= 15 is 0 Å². The number of halogens is 2. The Hall–Kier alpha value is -3.23. The first kappa shape index (κ1) is 20.5. The number of carbonyl (C=O) groups is 1. The largest absolute Gasteiger partial charge is 0.493 e. The number of ether oxygens (including phenoxy) is 2. The third-order valence-corrected chi connectivity index (χ3v) is 4.38. The van der Waals surface area contributed by atoms with Crippen LogP contribution in [0.25, 0.3) is 11.0 Å². The molecule has 7 nitrogen and oxygen atoms in total. The lowest BCUT2D eigenvalue weighted by molar-refractivity contribution is -0.0512. The number of fused-ring (bicyclic) bond motifs is 1. The highest BCUT2D eigenvalue weighted by Crippen LogP contribution is 2.30. The third kappa shape index (κ3) is 4.44. The molecule has 0 spiro atoms. The summed E-state index contributed by atoms with van der Waals surface area (Å²) in [5.74, 6) is -0.131. The Morgan fingerprint density at radius 3 is 2.62 bits per heavy atom. The van der Waals surface area contributed by atoms with Gasteiger partial charge in [-0.05, 0) is 37.6 Å². The zero-order valence-corrected chi connectivity index (χ0v) is 16.6. The van der Waals surface area contributed by atoms with Crippen molar-refractivity contribution in [3.05, 3.63) is 47.8 Å². The van der Waals surface area contributed by atoms with Crippen LogP contribution >= 0.6 is 0 Å². The van der Waals surface area contributed by atoms with Gasteiger partial charge in [0.05, 0.1) is 18.9 Å². The summed E-state index contributed by atoms with van der Waals surface area (Å²) in [6.45, 7) is 1.23. The molecule has 0 fully saturated rings. The first-order chi connectivity index (χ1) is 13.8. The fourth-order valence-electron chi connectivity index (χ4n) is 3.01. The van der Waals surface area contributed by atoms with Crippen molar-refractivity contribution in [2.75, 3.05) is 14.2 Å². The van der Waals surface area contributed by atoms with Gasteiger partial charge in [0.25, 0.3) is 5.91 Å². The molecule has 0 N–H and O–H groups in total. The van der Waals surface area contributed by atoms with E-state index in [2.05, 4.69) is 14.8 Å². The average Bonchev–Trinajstić information content (AvgIpc) is 3.10. The van der Waals surface area contributed by atoms with Crippen LogP contribution in [0.2, 0.25) is 0 Å². The zero-order chi connectivity index (χ0) is 21.1. The van der Waals surface area contributed by atoms with E-state index in [1.807, 2.05) is 13.8 Å². The van der Waals surface area contributed by atoms with Gasteiger partial charge < -0.3 is 14.4 Å². The van der Waals surface area contributed by atoms with Crippen LogP contribution < -0.4 is 9.47 Å². The number of nitrogens with zero attached hydrogens (tertiary/aromatic N) is 4. The second kappa shape index (κ2) is 8.42. The molecule has 0 aliphatic heterocycles. The predicted molar refractivity (Wildman–Crippen MR) is 103 cm³/mol. The number of methoxy groups -OCH3 is 1. The summed E-state index contributed by atoms with van der Waals surface area (Å²) >= 11 is 0. The highest BCUT2D eigenvalue weighted by atomic mass is 19.3. The third-order valence-electron chi connectivity index (χ3n) is 4.38. The minimum atomic E-state index is -2.97. The maximum atomic E-state index is 12.8. The molecule has 2 heterocycles. The molecule has 3 aromatic rings. The van der Waals surface area contributed by atoms with Gasteiger partial charge in [0, 0.05) is 31.2 Å². The number of benzene rings is 1. The molecule has 154 valence electrons. The van der Waals surface area contributed by atoms with Crippen molar-refractivity contribution >= 4 is 16.9 Å². The van der Waals surface area contributed by atoms with E-state index in [0.29, 0.717) is 16.8 Å². The molecule has 0 atom stereocenters. The van der Waals surface area contributed by atoms with Gasteiger partial charge in [-0.25, -0.2) is 9.67 Å². The molecule has 29 heavy (non-hydrogen) atoms. The van der Waals surface area contributed by atoms with E-state index in [1.54, 1.807) is 30.1 Å². The van der Waals surface area contributed by atoms with Crippen molar-refractivity contribution in [2.24, 2.45) is 0 Å². The second-order valence-corrected chi connectivity index (χ2v) is 6.84. The molecule has 3 rings (SSSR count). The van der Waals surface area contributed by atoms with Crippen molar-refractivity contribution in [3.63, 3.8) is 0 Å². The standard InChI is InChI=1S/C20H22F2N4O3/c1-12(2)26-18-14(10-24-26)8-15(9-23-18)19(27)25(3)11-13-5-6-16(28-4)17(7-13)29-20(21)22/h5-10,12,20H,11H2,1-4H3. The van der Waals surface area contributed by atoms with Crippen LogP contribution in [0.1, 0.15) is 35.8 Å². The number of hydrogen-bond donors (Lipinski definition) is 0. The first-order valence-electron chi connectivity index (χ1n) is 9.00. The molecule has 0 saturated heterocycles. The van der Waals surface area contributed by atoms with E-state index in [-0.39, 0.29) is 30.0 Å². The number of pyridine rings is 1. The lowest BCUT2D eigenvalue weighted by atomic mass is 10.1. The Bertz CT molecular complexity index is 1020. The molecule has 0 radical (unpaired) electrons. The summed E-state index contributed by atoms with van der Waals surface area (Å²) in [7, 11) is 3.00. The van der Waals surface area contributed by atoms with Gasteiger partial charge >= 0.3 is 6.61 Å². The van der Waals surface area contributed by atoms with Gasteiger partial charge in [-0.2, -0.15) is 13.9 Å². The lowest BCUT2D eigenvalue weighted by Crippen LogP contribution is -2.26. The van der Waals surface area contributed by atoms with Gasteiger partial charge in [0.2, 0.25) is 0 Å². The van der Waals surface area contributed by atoms with Crippen LogP contribution in [0.15, 0.2) is 36.7 Å². The van der Waals surface area contributed by atoms with Crippen molar-refractivity contribution in [3.8, 4) is 11.5 Å². The van der Waals surface area contributed by atoms with Crippen LogP contribution in [0.4, 0.5) is 8.78 Å². The second-order valence-electron chi connectivity index (χ2n) is 6.84. The molecule has 1 amide bonds. The molecule has 0 unspecified atom stereocenters. The molecule has 9 heteroatoms. The summed E-state index contributed by atoms with van der Waals surface area (Å²) in [5, 5.41) is 5.07. The van der Waals surface area contributed by atoms with Crippen LogP contribution in [-0.4, -0.2) is 46.3 Å². The number of carbonyl (C=O) groups excluding carboxylic acids is 1. The number of rotatable bonds is 7. The van der Waals surface area contributed by atoms with E-state index in [1.165, 1.54) is 30.3 Å². The molecule has 0 aliphatic rings. The Balaban J connectivity index is 1.79. The van der Waals surface area contributed by atoms with E-state index in [9.17, 15) is 13.6 Å². The summed E-state index contributed by atoms with van der Waals surface area (Å²) in [4.78, 5) is 18.7. The molecule has 0 aliphatic carbocycles. The maximum absolute atomic E-state index is 12.8.